The Morgan fingerprint density at radius 3 is 2.24 bits per heavy atom. The van der Waals surface area contributed by atoms with Crippen LogP contribution in [0.3, 0.4) is 0 Å². The summed E-state index contributed by atoms with van der Waals surface area (Å²) in [5, 5.41) is 17.2. The van der Waals surface area contributed by atoms with Crippen molar-refractivity contribution in [1.29, 1.82) is 0 Å². The van der Waals surface area contributed by atoms with Crippen LogP contribution in [0.2, 0.25) is 19.6 Å². The zero-order chi connectivity index (χ0) is 26.5. The summed E-state index contributed by atoms with van der Waals surface area (Å²) in [4.78, 5) is 15.4. The molecule has 3 heterocycles. The molecule has 0 bridgehead atoms. The molecule has 5 aromatic rings. The van der Waals surface area contributed by atoms with E-state index >= 15 is 0 Å². The highest BCUT2D eigenvalue weighted by Crippen LogP contribution is 2.36. The molecule has 0 aliphatic rings. The lowest BCUT2D eigenvalue weighted by Crippen LogP contribution is -2.44. The summed E-state index contributed by atoms with van der Waals surface area (Å²) in [5.74, 6) is 0. The molecule has 0 aliphatic heterocycles. The third kappa shape index (κ3) is 4.25. The standard InChI is InChI=1S/C26H25N5O4SSi/c1-29-17-23(25(28-29)18-10-12-19(13-11-18)31(32)33)21-14-15-27-26-22(21)16-24(37(2,3)4)30(26)36(34,35)20-8-6-5-7-9-20/h5-17H,1-4H3. The molecule has 37 heavy (non-hydrogen) atoms. The lowest BCUT2D eigenvalue weighted by atomic mass is 10.0. The Morgan fingerprint density at radius 1 is 0.946 bits per heavy atom. The molecule has 0 spiro atoms. The third-order valence-corrected chi connectivity index (χ3v) is 9.97. The van der Waals surface area contributed by atoms with Crippen LogP contribution in [0.4, 0.5) is 5.69 Å². The molecule has 11 heteroatoms. The first kappa shape index (κ1) is 24.6. The Labute approximate surface area is 215 Å². The van der Waals surface area contributed by atoms with E-state index in [9.17, 15) is 18.5 Å². The fourth-order valence-electron chi connectivity index (χ4n) is 4.41. The van der Waals surface area contributed by atoms with E-state index in [1.165, 1.54) is 16.1 Å². The van der Waals surface area contributed by atoms with E-state index in [0.29, 0.717) is 22.3 Å². The average molecular weight is 532 g/mol. The second kappa shape index (κ2) is 8.78. The summed E-state index contributed by atoms with van der Waals surface area (Å²) in [6.07, 6.45) is 3.47. The molecule has 9 nitrogen and oxygen atoms in total. The smallest absolute Gasteiger partial charge is 0.269 e. The fourth-order valence-corrected chi connectivity index (χ4v) is 8.28. The van der Waals surface area contributed by atoms with E-state index < -0.39 is 23.0 Å². The van der Waals surface area contributed by atoms with E-state index in [-0.39, 0.29) is 10.6 Å². The van der Waals surface area contributed by atoms with E-state index in [1.54, 1.807) is 60.4 Å². The Hall–Kier alpha value is -4.09. The molecule has 2 aromatic carbocycles. The maximum absolute atomic E-state index is 13.9. The maximum atomic E-state index is 13.9. The molecular weight excluding hydrogens is 506 g/mol. The summed E-state index contributed by atoms with van der Waals surface area (Å²) in [7, 11) is -4.26. The van der Waals surface area contributed by atoms with Gasteiger partial charge in [0.1, 0.15) is 13.8 Å². The van der Waals surface area contributed by atoms with Gasteiger partial charge in [0.25, 0.3) is 15.7 Å². The minimum absolute atomic E-state index is 0.00416. The highest BCUT2D eigenvalue weighted by Gasteiger charge is 2.32. The van der Waals surface area contributed by atoms with Crippen LogP contribution in [0.15, 0.2) is 84.0 Å². The van der Waals surface area contributed by atoms with Crippen LogP contribution in [0.25, 0.3) is 33.4 Å². The number of rotatable bonds is 6. The Bertz CT molecular complexity index is 1750. The zero-order valence-corrected chi connectivity index (χ0v) is 22.6. The topological polar surface area (TPSA) is 113 Å². The van der Waals surface area contributed by atoms with Crippen LogP contribution in [0.1, 0.15) is 0 Å². The number of fused-ring (bicyclic) bond motifs is 1. The number of non-ortho nitro benzene ring substituents is 1. The quantitative estimate of drug-likeness (QED) is 0.177. The van der Waals surface area contributed by atoms with E-state index in [2.05, 4.69) is 29.7 Å². The molecule has 188 valence electrons. The molecule has 0 atom stereocenters. The number of hydrogen-bond donors (Lipinski definition) is 0. The van der Waals surface area contributed by atoms with Gasteiger partial charge in [0.05, 0.1) is 9.82 Å². The molecule has 0 fully saturated rings. The van der Waals surface area contributed by atoms with Gasteiger partial charge in [-0.05, 0) is 42.0 Å². The van der Waals surface area contributed by atoms with Gasteiger partial charge in [-0.3, -0.25) is 14.8 Å². The Balaban J connectivity index is 1.78. The zero-order valence-electron chi connectivity index (χ0n) is 20.8. The van der Waals surface area contributed by atoms with Gasteiger partial charge in [-0.25, -0.2) is 17.4 Å². The van der Waals surface area contributed by atoms with E-state index in [4.69, 9.17) is 0 Å². The van der Waals surface area contributed by atoms with Crippen molar-refractivity contribution in [3.05, 3.63) is 89.2 Å². The van der Waals surface area contributed by atoms with Gasteiger partial charge in [0.15, 0.2) is 5.65 Å². The second-order valence-corrected chi connectivity index (χ2v) is 16.6. The average Bonchev–Trinajstić information content (AvgIpc) is 3.46. The van der Waals surface area contributed by atoms with Crippen LogP contribution in [0.5, 0.6) is 0 Å². The van der Waals surface area contributed by atoms with Crippen LogP contribution < -0.4 is 5.32 Å². The third-order valence-electron chi connectivity index (χ3n) is 6.18. The normalized spacial score (nSPS) is 12.2. The molecule has 0 amide bonds. The van der Waals surface area contributed by atoms with E-state index in [0.717, 1.165) is 16.4 Å². The van der Waals surface area contributed by atoms with Crippen molar-refractivity contribution in [2.75, 3.05) is 0 Å². The molecule has 0 radical (unpaired) electrons. The van der Waals surface area contributed by atoms with Crippen molar-refractivity contribution in [2.45, 2.75) is 24.5 Å². The Morgan fingerprint density at radius 2 is 1.62 bits per heavy atom. The van der Waals surface area contributed by atoms with Gasteiger partial charge in [-0.2, -0.15) is 5.10 Å². The minimum Gasteiger partial charge on any atom is -0.275 e. The van der Waals surface area contributed by atoms with Gasteiger partial charge in [0, 0.05) is 53.4 Å². The first-order chi connectivity index (χ1) is 17.5. The molecule has 3 aromatic heterocycles. The predicted octanol–water partition coefficient (Wildman–Crippen LogP) is 4.79. The van der Waals surface area contributed by atoms with Crippen molar-refractivity contribution in [2.24, 2.45) is 7.05 Å². The Kier molecular flexibility index (Phi) is 5.84. The van der Waals surface area contributed by atoms with Crippen molar-refractivity contribution in [3.8, 4) is 22.4 Å². The first-order valence-electron chi connectivity index (χ1n) is 11.6. The molecule has 0 saturated heterocycles. The van der Waals surface area contributed by atoms with Crippen LogP contribution in [-0.4, -0.2) is 40.2 Å². The minimum atomic E-state index is -3.90. The maximum Gasteiger partial charge on any atom is 0.269 e. The van der Waals surface area contributed by atoms with Crippen molar-refractivity contribution >= 4 is 40.1 Å². The van der Waals surface area contributed by atoms with Gasteiger partial charge < -0.3 is 0 Å². The van der Waals surface area contributed by atoms with Gasteiger partial charge in [-0.1, -0.05) is 37.8 Å². The summed E-state index contributed by atoms with van der Waals surface area (Å²) < 4.78 is 30.8. The largest absolute Gasteiger partial charge is 0.275 e. The van der Waals surface area contributed by atoms with Crippen LogP contribution in [-0.2, 0) is 17.1 Å². The number of nitro benzene ring substituents is 1. The number of benzene rings is 2. The fraction of sp³-hybridized carbons (Fsp3) is 0.154. The lowest BCUT2D eigenvalue weighted by molar-refractivity contribution is -0.384. The van der Waals surface area contributed by atoms with Crippen molar-refractivity contribution in [3.63, 3.8) is 0 Å². The summed E-state index contributed by atoms with van der Waals surface area (Å²) >= 11 is 0. The molecule has 0 saturated carbocycles. The molecule has 0 N–H and O–H groups in total. The number of pyridine rings is 1. The number of aromatic nitrogens is 4. The number of nitrogens with zero attached hydrogens (tertiary/aromatic N) is 5. The predicted molar refractivity (Wildman–Crippen MR) is 146 cm³/mol. The summed E-state index contributed by atoms with van der Waals surface area (Å²) in [6.45, 7) is 6.30. The number of hydrogen-bond acceptors (Lipinski definition) is 6. The van der Waals surface area contributed by atoms with Gasteiger partial charge in [0.2, 0.25) is 0 Å². The highest BCUT2D eigenvalue weighted by molar-refractivity contribution is 7.90. The molecule has 0 aliphatic carbocycles. The summed E-state index contributed by atoms with van der Waals surface area (Å²) in [5.41, 5.74) is 3.27. The molecule has 0 unspecified atom stereocenters. The van der Waals surface area contributed by atoms with Crippen molar-refractivity contribution in [1.82, 2.24) is 18.7 Å². The highest BCUT2D eigenvalue weighted by atomic mass is 32.2. The molecule has 5 rings (SSSR count). The molecular formula is C26H25N5O4SSi. The van der Waals surface area contributed by atoms with Crippen molar-refractivity contribution < 1.29 is 13.3 Å². The van der Waals surface area contributed by atoms with E-state index in [1.807, 2.05) is 18.3 Å². The second-order valence-electron chi connectivity index (χ2n) is 9.83. The van der Waals surface area contributed by atoms with Gasteiger partial charge in [-0.15, -0.1) is 0 Å². The SMILES string of the molecule is Cn1cc(-c2ccnc3c2cc([Si](C)(C)C)n3S(=O)(=O)c2ccccc2)c(-c2ccc([N+](=O)[O-])cc2)n1. The number of aryl methyl sites for hydroxylation is 1. The lowest BCUT2D eigenvalue weighted by Gasteiger charge is -2.19. The van der Waals surface area contributed by atoms with Gasteiger partial charge >= 0.3 is 0 Å². The van der Waals surface area contributed by atoms with Crippen LogP contribution in [0, 0.1) is 10.1 Å². The monoisotopic (exact) mass is 531 g/mol. The van der Waals surface area contributed by atoms with Crippen LogP contribution >= 0.6 is 0 Å². The first-order valence-corrected chi connectivity index (χ1v) is 16.5. The summed E-state index contributed by atoms with van der Waals surface area (Å²) in [6, 6.07) is 18.4. The number of nitro groups is 1.